The first kappa shape index (κ1) is 14.9. The van der Waals surface area contributed by atoms with E-state index in [0.717, 1.165) is 0 Å². The van der Waals surface area contributed by atoms with Gasteiger partial charge in [-0.25, -0.2) is 9.97 Å². The van der Waals surface area contributed by atoms with Crippen LogP contribution in [0.3, 0.4) is 0 Å². The number of benzene rings is 1. The van der Waals surface area contributed by atoms with Crippen LogP contribution >= 0.6 is 23.2 Å². The molecule has 106 valence electrons. The maximum atomic E-state index is 6.12. The van der Waals surface area contributed by atoms with Crippen LogP contribution in [0, 0.1) is 0 Å². The first-order chi connectivity index (χ1) is 9.52. The molecule has 0 atom stereocenters. The third kappa shape index (κ3) is 3.14. The van der Waals surface area contributed by atoms with E-state index in [1.807, 2.05) is 26.0 Å². The van der Waals surface area contributed by atoms with Crippen molar-refractivity contribution in [2.45, 2.75) is 19.8 Å². The molecule has 20 heavy (non-hydrogen) atoms. The lowest BCUT2D eigenvalue weighted by Crippen LogP contribution is -2.01. The van der Waals surface area contributed by atoms with Crippen LogP contribution in [0.2, 0.25) is 10.3 Å². The van der Waals surface area contributed by atoms with Gasteiger partial charge in [-0.3, -0.25) is 0 Å². The van der Waals surface area contributed by atoms with Gasteiger partial charge < -0.3 is 9.47 Å². The number of nitrogens with zero attached hydrogens (tertiary/aromatic N) is 2. The van der Waals surface area contributed by atoms with E-state index in [-0.39, 0.29) is 22.0 Å². The Hall–Kier alpha value is -1.52. The van der Waals surface area contributed by atoms with Crippen LogP contribution in [-0.4, -0.2) is 17.1 Å². The molecular formula is C14H14Cl2N2O2. The number of rotatable bonds is 4. The fourth-order valence-electron chi connectivity index (χ4n) is 1.57. The van der Waals surface area contributed by atoms with Crippen molar-refractivity contribution in [1.82, 2.24) is 9.97 Å². The van der Waals surface area contributed by atoms with E-state index >= 15 is 0 Å². The van der Waals surface area contributed by atoms with Crippen molar-refractivity contribution in [2.24, 2.45) is 0 Å². The molecule has 2 aromatic rings. The highest BCUT2D eigenvalue weighted by Gasteiger charge is 2.17. The van der Waals surface area contributed by atoms with Gasteiger partial charge in [-0.05, 0) is 12.1 Å². The smallest absolute Gasteiger partial charge is 0.202 e. The van der Waals surface area contributed by atoms with Crippen molar-refractivity contribution in [1.29, 1.82) is 0 Å². The van der Waals surface area contributed by atoms with Gasteiger partial charge in [0, 0.05) is 5.92 Å². The molecule has 0 aliphatic rings. The molecule has 0 fully saturated rings. The molecular weight excluding hydrogens is 299 g/mol. The van der Waals surface area contributed by atoms with E-state index in [0.29, 0.717) is 17.3 Å². The number of hydrogen-bond acceptors (Lipinski definition) is 4. The van der Waals surface area contributed by atoms with Crippen molar-refractivity contribution >= 4 is 23.2 Å². The fourth-order valence-corrected chi connectivity index (χ4v) is 2.05. The summed E-state index contributed by atoms with van der Waals surface area (Å²) in [5, 5.41) is 0.360. The minimum Gasteiger partial charge on any atom is -0.493 e. The maximum absolute atomic E-state index is 6.12. The van der Waals surface area contributed by atoms with Gasteiger partial charge in [0.1, 0.15) is 5.82 Å². The Bertz CT molecular complexity index is 595. The SMILES string of the molecule is COc1ccccc1Oc1c(Cl)nc(C(C)C)nc1Cl. The van der Waals surface area contributed by atoms with E-state index in [1.165, 1.54) is 0 Å². The standard InChI is InChI=1S/C14H14Cl2N2O2/c1-8(2)14-17-12(15)11(13(16)18-14)20-10-7-5-4-6-9(10)19-3/h4-8H,1-3H3. The predicted molar refractivity (Wildman–Crippen MR) is 79.2 cm³/mol. The number of methoxy groups -OCH3 is 1. The van der Waals surface area contributed by atoms with Crippen LogP contribution in [0.4, 0.5) is 0 Å². The largest absolute Gasteiger partial charge is 0.493 e. The second-order valence-electron chi connectivity index (χ2n) is 4.40. The molecule has 4 nitrogen and oxygen atoms in total. The number of aromatic nitrogens is 2. The Kier molecular flexibility index (Phi) is 4.68. The first-order valence-corrected chi connectivity index (χ1v) is 6.82. The zero-order valence-electron chi connectivity index (χ0n) is 11.4. The van der Waals surface area contributed by atoms with E-state index in [4.69, 9.17) is 32.7 Å². The lowest BCUT2D eigenvalue weighted by Gasteiger charge is -2.13. The van der Waals surface area contributed by atoms with Crippen LogP contribution < -0.4 is 9.47 Å². The summed E-state index contributed by atoms with van der Waals surface area (Å²) < 4.78 is 10.9. The van der Waals surface area contributed by atoms with Crippen molar-refractivity contribution < 1.29 is 9.47 Å². The average Bonchev–Trinajstić information content (AvgIpc) is 2.42. The molecule has 0 amide bonds. The van der Waals surface area contributed by atoms with Crippen LogP contribution in [0.5, 0.6) is 17.2 Å². The Labute approximate surface area is 127 Å². The minimum atomic E-state index is 0.130. The summed E-state index contributed by atoms with van der Waals surface area (Å²) in [6.07, 6.45) is 0. The molecule has 0 unspecified atom stereocenters. The lowest BCUT2D eigenvalue weighted by molar-refractivity contribution is 0.378. The molecule has 0 saturated carbocycles. The molecule has 1 heterocycles. The van der Waals surface area contributed by atoms with E-state index < -0.39 is 0 Å². The van der Waals surface area contributed by atoms with Crippen molar-refractivity contribution in [3.63, 3.8) is 0 Å². The van der Waals surface area contributed by atoms with Crippen LogP contribution in [0.1, 0.15) is 25.6 Å². The average molecular weight is 313 g/mol. The van der Waals surface area contributed by atoms with Gasteiger partial charge in [0.2, 0.25) is 5.75 Å². The van der Waals surface area contributed by atoms with Crippen molar-refractivity contribution in [3.05, 3.63) is 40.4 Å². The van der Waals surface area contributed by atoms with Gasteiger partial charge in [0.25, 0.3) is 0 Å². The second-order valence-corrected chi connectivity index (χ2v) is 5.12. The highest BCUT2D eigenvalue weighted by atomic mass is 35.5. The third-order valence-electron chi connectivity index (χ3n) is 2.60. The van der Waals surface area contributed by atoms with Crippen LogP contribution in [0.15, 0.2) is 24.3 Å². The summed E-state index contributed by atoms with van der Waals surface area (Å²) in [5.74, 6) is 2.01. The van der Waals surface area contributed by atoms with E-state index in [9.17, 15) is 0 Å². The second kappa shape index (κ2) is 6.29. The summed E-state index contributed by atoms with van der Waals surface area (Å²) in [6, 6.07) is 7.19. The molecule has 0 bridgehead atoms. The van der Waals surface area contributed by atoms with Crippen LogP contribution in [0.25, 0.3) is 0 Å². The molecule has 0 aliphatic carbocycles. The maximum Gasteiger partial charge on any atom is 0.202 e. The minimum absolute atomic E-state index is 0.130. The first-order valence-electron chi connectivity index (χ1n) is 6.06. The monoisotopic (exact) mass is 312 g/mol. The van der Waals surface area contributed by atoms with Crippen molar-refractivity contribution in [3.8, 4) is 17.2 Å². The van der Waals surface area contributed by atoms with E-state index in [2.05, 4.69) is 9.97 Å². The topological polar surface area (TPSA) is 44.2 Å². The Morgan fingerprint density at radius 3 is 2.05 bits per heavy atom. The quantitative estimate of drug-likeness (QED) is 0.767. The summed E-state index contributed by atoms with van der Waals surface area (Å²) in [6.45, 7) is 3.92. The molecule has 0 spiro atoms. The van der Waals surface area contributed by atoms with E-state index in [1.54, 1.807) is 19.2 Å². The van der Waals surface area contributed by atoms with Gasteiger partial charge in [-0.1, -0.05) is 49.2 Å². The Morgan fingerprint density at radius 2 is 1.55 bits per heavy atom. The number of halogens is 2. The summed E-state index contributed by atoms with van der Waals surface area (Å²) in [5.41, 5.74) is 0. The summed E-state index contributed by atoms with van der Waals surface area (Å²) in [4.78, 5) is 8.38. The zero-order valence-corrected chi connectivity index (χ0v) is 12.9. The lowest BCUT2D eigenvalue weighted by atomic mass is 10.2. The number of ether oxygens (including phenoxy) is 2. The van der Waals surface area contributed by atoms with Gasteiger partial charge in [-0.2, -0.15) is 0 Å². The number of hydrogen-bond donors (Lipinski definition) is 0. The van der Waals surface area contributed by atoms with Crippen LogP contribution in [-0.2, 0) is 0 Å². The fraction of sp³-hybridized carbons (Fsp3) is 0.286. The summed E-state index contributed by atoms with van der Waals surface area (Å²) in [7, 11) is 1.56. The zero-order chi connectivity index (χ0) is 14.7. The molecule has 1 aromatic heterocycles. The van der Waals surface area contributed by atoms with Crippen molar-refractivity contribution in [2.75, 3.05) is 7.11 Å². The third-order valence-corrected chi connectivity index (χ3v) is 3.11. The van der Waals surface area contributed by atoms with Gasteiger partial charge >= 0.3 is 0 Å². The molecule has 6 heteroatoms. The molecule has 0 radical (unpaired) electrons. The Morgan fingerprint density at radius 1 is 1.00 bits per heavy atom. The molecule has 0 aliphatic heterocycles. The van der Waals surface area contributed by atoms with Gasteiger partial charge in [-0.15, -0.1) is 0 Å². The van der Waals surface area contributed by atoms with Gasteiger partial charge in [0.15, 0.2) is 21.8 Å². The summed E-state index contributed by atoms with van der Waals surface area (Å²) >= 11 is 12.2. The predicted octanol–water partition coefficient (Wildman–Crippen LogP) is 4.71. The molecule has 1 aromatic carbocycles. The highest BCUT2D eigenvalue weighted by molar-refractivity contribution is 6.35. The molecule has 0 N–H and O–H groups in total. The number of para-hydroxylation sites is 2. The highest BCUT2D eigenvalue weighted by Crippen LogP contribution is 2.38. The Balaban J connectivity index is 2.39. The van der Waals surface area contributed by atoms with Gasteiger partial charge in [0.05, 0.1) is 7.11 Å². The molecule has 2 rings (SSSR count). The molecule has 0 saturated heterocycles. The normalized spacial score (nSPS) is 10.7.